The normalized spacial score (nSPS) is 13.1. The lowest BCUT2D eigenvalue weighted by Crippen LogP contribution is -2.22. The molecule has 4 heteroatoms. The van der Waals surface area contributed by atoms with Crippen molar-refractivity contribution in [1.82, 2.24) is 0 Å². The molecule has 0 amide bonds. The molecule has 2 unspecified atom stereocenters. The van der Waals surface area contributed by atoms with Crippen molar-refractivity contribution in [3.8, 4) is 0 Å². The Labute approximate surface area is 121 Å². The first kappa shape index (κ1) is 18.4. The van der Waals surface area contributed by atoms with Gasteiger partial charge in [0.2, 0.25) is 0 Å². The van der Waals surface area contributed by atoms with Crippen molar-refractivity contribution in [3.63, 3.8) is 0 Å². The number of hydrogen-bond donors (Lipinski definition) is 0. The van der Waals surface area contributed by atoms with E-state index in [0.717, 1.165) is 25.7 Å². The predicted molar refractivity (Wildman–Crippen MR) is 79.2 cm³/mol. The van der Waals surface area contributed by atoms with Gasteiger partial charge in [0.15, 0.2) is 0 Å². The van der Waals surface area contributed by atoms with Gasteiger partial charge < -0.3 is 9.47 Å². The van der Waals surface area contributed by atoms with Crippen LogP contribution in [-0.4, -0.2) is 24.1 Å². The summed E-state index contributed by atoms with van der Waals surface area (Å²) >= 11 is 0. The molecule has 0 saturated heterocycles. The average molecular weight is 282 g/mol. The van der Waals surface area contributed by atoms with Gasteiger partial charge in [-0.2, -0.15) is 0 Å². The first-order valence-electron chi connectivity index (χ1n) is 7.23. The number of esters is 2. The maximum Gasteiger partial charge on any atom is 0.330 e. The molecular formula is C16H26O4. The molecule has 20 heavy (non-hydrogen) atoms. The summed E-state index contributed by atoms with van der Waals surface area (Å²) in [6, 6.07) is 0. The molecule has 0 aliphatic rings. The van der Waals surface area contributed by atoms with Crippen molar-refractivity contribution >= 4 is 11.9 Å². The van der Waals surface area contributed by atoms with Crippen LogP contribution >= 0.6 is 0 Å². The smallest absolute Gasteiger partial charge is 0.330 e. The molecule has 0 aromatic heterocycles. The zero-order valence-corrected chi connectivity index (χ0v) is 12.6. The third kappa shape index (κ3) is 8.51. The molecular weight excluding hydrogens is 256 g/mol. The monoisotopic (exact) mass is 282 g/mol. The van der Waals surface area contributed by atoms with Gasteiger partial charge in [0.1, 0.15) is 12.2 Å². The first-order chi connectivity index (χ1) is 9.57. The highest BCUT2D eigenvalue weighted by Gasteiger charge is 2.17. The van der Waals surface area contributed by atoms with Gasteiger partial charge in [-0.3, -0.25) is 0 Å². The third-order valence-corrected chi connectivity index (χ3v) is 2.93. The van der Waals surface area contributed by atoms with Crippen molar-refractivity contribution in [2.45, 2.75) is 64.6 Å². The molecule has 0 aliphatic carbocycles. The van der Waals surface area contributed by atoms with E-state index in [1.165, 1.54) is 12.2 Å². The molecule has 0 rings (SSSR count). The van der Waals surface area contributed by atoms with Crippen molar-refractivity contribution < 1.29 is 19.1 Å². The molecule has 2 atom stereocenters. The second-order valence-corrected chi connectivity index (χ2v) is 4.68. The fourth-order valence-corrected chi connectivity index (χ4v) is 1.96. The van der Waals surface area contributed by atoms with Gasteiger partial charge in [-0.25, -0.2) is 9.59 Å². The van der Waals surface area contributed by atoms with Crippen molar-refractivity contribution in [2.24, 2.45) is 0 Å². The van der Waals surface area contributed by atoms with E-state index in [0.29, 0.717) is 12.8 Å². The quantitative estimate of drug-likeness (QED) is 0.429. The molecule has 0 spiro atoms. The van der Waals surface area contributed by atoms with Crippen LogP contribution in [0.1, 0.15) is 52.4 Å². The van der Waals surface area contributed by atoms with Gasteiger partial charge in [-0.1, -0.05) is 39.8 Å². The minimum Gasteiger partial charge on any atom is -0.459 e. The molecule has 4 nitrogen and oxygen atoms in total. The Morgan fingerprint density at radius 3 is 1.45 bits per heavy atom. The predicted octanol–water partition coefficient (Wildman–Crippen LogP) is 3.56. The van der Waals surface area contributed by atoms with E-state index in [1.54, 1.807) is 0 Å². The average Bonchev–Trinajstić information content (AvgIpc) is 2.44. The van der Waals surface area contributed by atoms with E-state index in [-0.39, 0.29) is 12.2 Å². The van der Waals surface area contributed by atoms with E-state index in [9.17, 15) is 9.59 Å². The maximum atomic E-state index is 11.3. The van der Waals surface area contributed by atoms with Gasteiger partial charge in [-0.15, -0.1) is 0 Å². The lowest BCUT2D eigenvalue weighted by molar-refractivity contribution is -0.147. The van der Waals surface area contributed by atoms with Gasteiger partial charge in [-0.05, 0) is 25.7 Å². The Morgan fingerprint density at radius 2 is 1.20 bits per heavy atom. The van der Waals surface area contributed by atoms with Gasteiger partial charge in [0, 0.05) is 12.2 Å². The van der Waals surface area contributed by atoms with Gasteiger partial charge in [0.05, 0.1) is 0 Å². The molecule has 0 aliphatic heterocycles. The highest BCUT2D eigenvalue weighted by atomic mass is 16.5. The van der Waals surface area contributed by atoms with Crippen molar-refractivity contribution in [3.05, 3.63) is 25.3 Å². The summed E-state index contributed by atoms with van der Waals surface area (Å²) in [5, 5.41) is 0. The van der Waals surface area contributed by atoms with E-state index < -0.39 is 11.9 Å². The molecule has 0 fully saturated rings. The summed E-state index contributed by atoms with van der Waals surface area (Å²) in [6.45, 7) is 10.9. The topological polar surface area (TPSA) is 52.6 Å². The Hall–Kier alpha value is -1.58. The summed E-state index contributed by atoms with van der Waals surface area (Å²) < 4.78 is 10.6. The molecule has 0 aromatic carbocycles. The third-order valence-electron chi connectivity index (χ3n) is 2.93. The van der Waals surface area contributed by atoms with E-state index in [2.05, 4.69) is 13.2 Å². The number of rotatable bonds is 11. The van der Waals surface area contributed by atoms with Gasteiger partial charge >= 0.3 is 11.9 Å². The molecule has 0 N–H and O–H groups in total. The minimum absolute atomic E-state index is 0.146. The zero-order valence-electron chi connectivity index (χ0n) is 12.6. The minimum atomic E-state index is -0.404. The second kappa shape index (κ2) is 11.3. The summed E-state index contributed by atoms with van der Waals surface area (Å²) in [4.78, 5) is 22.5. The summed E-state index contributed by atoms with van der Waals surface area (Å²) in [7, 11) is 0. The molecule has 0 aromatic rings. The van der Waals surface area contributed by atoms with E-state index in [4.69, 9.17) is 9.47 Å². The van der Waals surface area contributed by atoms with Crippen molar-refractivity contribution in [2.75, 3.05) is 0 Å². The lowest BCUT2D eigenvalue weighted by Gasteiger charge is -2.20. The molecule has 0 heterocycles. The van der Waals surface area contributed by atoms with Crippen LogP contribution in [0.4, 0.5) is 0 Å². The SMILES string of the molecule is C=CC(=O)OC(CCC)CCC(CCC)OC(=O)C=C. The Morgan fingerprint density at radius 1 is 0.850 bits per heavy atom. The fourth-order valence-electron chi connectivity index (χ4n) is 1.96. The Kier molecular flexibility index (Phi) is 10.4. The fraction of sp³-hybridized carbons (Fsp3) is 0.625. The van der Waals surface area contributed by atoms with Crippen LogP contribution in [0.5, 0.6) is 0 Å². The molecule has 0 bridgehead atoms. The van der Waals surface area contributed by atoms with E-state index in [1.807, 2.05) is 13.8 Å². The summed E-state index contributed by atoms with van der Waals surface area (Å²) in [6.07, 6.45) is 6.88. The number of hydrogen-bond acceptors (Lipinski definition) is 4. The summed E-state index contributed by atoms with van der Waals surface area (Å²) in [5.74, 6) is -0.808. The van der Waals surface area contributed by atoms with E-state index >= 15 is 0 Å². The first-order valence-corrected chi connectivity index (χ1v) is 7.23. The Bertz CT molecular complexity index is 290. The lowest BCUT2D eigenvalue weighted by atomic mass is 10.0. The standard InChI is InChI=1S/C16H26O4/c1-5-9-13(19-15(17)7-3)11-12-14(10-6-2)20-16(18)8-4/h7-8,13-14H,3-6,9-12H2,1-2H3. The largest absolute Gasteiger partial charge is 0.459 e. The number of carbonyl (C=O) groups excluding carboxylic acids is 2. The van der Waals surface area contributed by atoms with Crippen LogP contribution in [0.2, 0.25) is 0 Å². The van der Waals surface area contributed by atoms with Crippen LogP contribution in [-0.2, 0) is 19.1 Å². The molecule has 114 valence electrons. The van der Waals surface area contributed by atoms with Crippen LogP contribution in [0.3, 0.4) is 0 Å². The number of carbonyl (C=O) groups is 2. The molecule has 0 radical (unpaired) electrons. The van der Waals surface area contributed by atoms with Crippen LogP contribution < -0.4 is 0 Å². The second-order valence-electron chi connectivity index (χ2n) is 4.68. The zero-order chi connectivity index (χ0) is 15.4. The molecule has 0 saturated carbocycles. The van der Waals surface area contributed by atoms with Crippen LogP contribution in [0.25, 0.3) is 0 Å². The number of ether oxygens (including phenoxy) is 2. The van der Waals surface area contributed by atoms with Gasteiger partial charge in [0.25, 0.3) is 0 Å². The highest BCUT2D eigenvalue weighted by Crippen LogP contribution is 2.16. The Balaban J connectivity index is 4.36. The van der Waals surface area contributed by atoms with Crippen molar-refractivity contribution in [1.29, 1.82) is 0 Å². The van der Waals surface area contributed by atoms with Crippen LogP contribution in [0.15, 0.2) is 25.3 Å². The van der Waals surface area contributed by atoms with Crippen LogP contribution in [0, 0.1) is 0 Å². The maximum absolute atomic E-state index is 11.3. The highest BCUT2D eigenvalue weighted by molar-refractivity contribution is 5.81. The summed E-state index contributed by atoms with van der Waals surface area (Å²) in [5.41, 5.74) is 0.